The van der Waals surface area contributed by atoms with Crippen molar-refractivity contribution in [1.82, 2.24) is 0 Å². The highest BCUT2D eigenvalue weighted by Crippen LogP contribution is 2.33. The van der Waals surface area contributed by atoms with E-state index in [1.807, 2.05) is 78.9 Å². The molecule has 1 fully saturated rings. The summed E-state index contributed by atoms with van der Waals surface area (Å²) in [4.78, 5) is 0. The number of ether oxygens (including phenoxy) is 5. The van der Waals surface area contributed by atoms with Crippen LogP contribution in [0.15, 0.2) is 146 Å². The molecule has 0 saturated carbocycles. The number of hydrogen-bond acceptors (Lipinski definition) is 5. The van der Waals surface area contributed by atoms with Crippen molar-refractivity contribution in [2.24, 2.45) is 0 Å². The Balaban J connectivity index is 1.44. The Morgan fingerprint density at radius 1 is 0.545 bits per heavy atom. The van der Waals surface area contributed by atoms with Gasteiger partial charge in [-0.05, 0) is 41.2 Å². The average molecular weight is 591 g/mol. The molecule has 1 heterocycles. The molecule has 4 atom stereocenters. The lowest BCUT2D eigenvalue weighted by Crippen LogP contribution is -2.56. The first-order chi connectivity index (χ1) is 21.8. The average Bonchev–Trinajstić information content (AvgIpc) is 3.08. The Labute approximate surface area is 261 Å². The molecule has 0 spiro atoms. The second kappa shape index (κ2) is 17.3. The van der Waals surface area contributed by atoms with Gasteiger partial charge in [0.2, 0.25) is 0 Å². The Hall–Kier alpha value is -4.00. The fourth-order valence-electron chi connectivity index (χ4n) is 5.21. The zero-order valence-corrected chi connectivity index (χ0v) is 25.2. The molecule has 0 unspecified atom stereocenters. The Morgan fingerprint density at radius 3 is 1.50 bits per heavy atom. The highest BCUT2D eigenvalue weighted by molar-refractivity contribution is 5.18. The first-order valence-corrected chi connectivity index (χ1v) is 15.4. The second-order valence-electron chi connectivity index (χ2n) is 10.9. The Bertz CT molecular complexity index is 1390. The van der Waals surface area contributed by atoms with Gasteiger partial charge in [-0.3, -0.25) is 0 Å². The standard InChI is InChI=1S/C39H42O5/c1-2-3-8-25-35-37(41-27-32-19-11-5-12-20-32)39(43-29-34-23-15-7-16-24-34)38(42-28-33-21-13-6-14-22-33)36(44-35)30-40-26-31-17-9-4-10-18-31/h2,4-7,9-25,36-39H,1,3,8,26-30H2/b35-25-/t36-,37+,38+,39-/m1/s1. The van der Waals surface area contributed by atoms with Crippen molar-refractivity contribution < 1.29 is 23.7 Å². The number of unbranched alkanes of at least 4 members (excludes halogenated alkanes) is 1. The van der Waals surface area contributed by atoms with Gasteiger partial charge in [0, 0.05) is 0 Å². The van der Waals surface area contributed by atoms with Crippen LogP contribution in [0.1, 0.15) is 35.1 Å². The van der Waals surface area contributed by atoms with E-state index in [-0.39, 0.29) is 0 Å². The van der Waals surface area contributed by atoms with Crippen LogP contribution in [0.25, 0.3) is 0 Å². The summed E-state index contributed by atoms with van der Waals surface area (Å²) in [6, 6.07) is 40.7. The van der Waals surface area contributed by atoms with Crippen molar-refractivity contribution in [2.45, 2.75) is 63.7 Å². The van der Waals surface area contributed by atoms with Crippen molar-refractivity contribution in [2.75, 3.05) is 6.61 Å². The molecular weight excluding hydrogens is 548 g/mol. The van der Waals surface area contributed by atoms with Gasteiger partial charge in [-0.15, -0.1) is 6.58 Å². The number of benzene rings is 4. The molecule has 5 heteroatoms. The highest BCUT2D eigenvalue weighted by Gasteiger charge is 2.46. The van der Waals surface area contributed by atoms with Gasteiger partial charge in [0.25, 0.3) is 0 Å². The van der Waals surface area contributed by atoms with E-state index in [4.69, 9.17) is 23.7 Å². The van der Waals surface area contributed by atoms with E-state index in [1.165, 1.54) is 0 Å². The molecule has 1 saturated heterocycles. The van der Waals surface area contributed by atoms with Gasteiger partial charge in [-0.2, -0.15) is 0 Å². The summed E-state index contributed by atoms with van der Waals surface area (Å²) >= 11 is 0. The summed E-state index contributed by atoms with van der Waals surface area (Å²) < 4.78 is 33.1. The molecule has 0 amide bonds. The SMILES string of the molecule is C=CCC/C=C1\O[C@H](COCc2ccccc2)[C@H](OCc2ccccc2)[C@H](OCc2ccccc2)[C@H]1OCc1ccccc1. The summed E-state index contributed by atoms with van der Waals surface area (Å²) in [7, 11) is 0. The summed E-state index contributed by atoms with van der Waals surface area (Å²) in [6.07, 6.45) is 3.84. The third-order valence-electron chi connectivity index (χ3n) is 7.51. The fraction of sp³-hybridized carbons (Fsp3) is 0.282. The third-order valence-corrected chi connectivity index (χ3v) is 7.51. The lowest BCUT2D eigenvalue weighted by atomic mass is 9.96. The van der Waals surface area contributed by atoms with Gasteiger partial charge in [0.1, 0.15) is 24.1 Å². The minimum atomic E-state index is -0.477. The fourth-order valence-corrected chi connectivity index (χ4v) is 5.21. The van der Waals surface area contributed by atoms with Crippen molar-refractivity contribution in [3.63, 3.8) is 0 Å². The largest absolute Gasteiger partial charge is 0.487 e. The van der Waals surface area contributed by atoms with Crippen LogP contribution in [0, 0.1) is 0 Å². The zero-order valence-electron chi connectivity index (χ0n) is 25.2. The maximum Gasteiger partial charge on any atom is 0.150 e. The molecule has 0 bridgehead atoms. The van der Waals surface area contributed by atoms with E-state index in [9.17, 15) is 0 Å². The Morgan fingerprint density at radius 2 is 1.00 bits per heavy atom. The topological polar surface area (TPSA) is 46.2 Å². The summed E-state index contributed by atoms with van der Waals surface area (Å²) in [5, 5.41) is 0. The van der Waals surface area contributed by atoms with E-state index < -0.39 is 24.4 Å². The second-order valence-corrected chi connectivity index (χ2v) is 10.9. The minimum Gasteiger partial charge on any atom is -0.487 e. The first kappa shape index (κ1) is 31.4. The number of allylic oxidation sites excluding steroid dienone is 2. The maximum absolute atomic E-state index is 6.76. The van der Waals surface area contributed by atoms with Crippen molar-refractivity contribution in [1.29, 1.82) is 0 Å². The van der Waals surface area contributed by atoms with E-state index in [0.29, 0.717) is 33.0 Å². The normalized spacial score (nSPS) is 20.7. The lowest BCUT2D eigenvalue weighted by molar-refractivity contribution is -0.223. The molecule has 0 radical (unpaired) electrons. The van der Waals surface area contributed by atoms with E-state index >= 15 is 0 Å². The van der Waals surface area contributed by atoms with E-state index in [1.54, 1.807) is 0 Å². The van der Waals surface area contributed by atoms with Crippen LogP contribution in [-0.4, -0.2) is 31.0 Å². The summed E-state index contributed by atoms with van der Waals surface area (Å²) in [5.41, 5.74) is 4.34. The third kappa shape index (κ3) is 9.50. The first-order valence-electron chi connectivity index (χ1n) is 15.4. The van der Waals surface area contributed by atoms with Gasteiger partial charge in [-0.25, -0.2) is 0 Å². The molecule has 5 nitrogen and oxygen atoms in total. The van der Waals surface area contributed by atoms with Crippen LogP contribution in [0.5, 0.6) is 0 Å². The van der Waals surface area contributed by atoms with Gasteiger partial charge >= 0.3 is 0 Å². The minimum absolute atomic E-state index is 0.337. The Kier molecular flexibility index (Phi) is 12.4. The predicted octanol–water partition coefficient (Wildman–Crippen LogP) is 8.21. The van der Waals surface area contributed by atoms with Gasteiger partial charge in [0.15, 0.2) is 6.10 Å². The smallest absolute Gasteiger partial charge is 0.150 e. The van der Waals surface area contributed by atoms with Crippen LogP contribution >= 0.6 is 0 Å². The highest BCUT2D eigenvalue weighted by atomic mass is 16.6. The molecule has 0 aliphatic carbocycles. The number of rotatable bonds is 16. The molecule has 0 aromatic heterocycles. The van der Waals surface area contributed by atoms with Crippen LogP contribution in [0.3, 0.4) is 0 Å². The van der Waals surface area contributed by atoms with Crippen molar-refractivity contribution >= 4 is 0 Å². The molecule has 44 heavy (non-hydrogen) atoms. The molecule has 4 aromatic carbocycles. The van der Waals surface area contributed by atoms with Crippen molar-refractivity contribution in [3.05, 3.63) is 168 Å². The molecular formula is C39H42O5. The maximum atomic E-state index is 6.76. The molecule has 0 N–H and O–H groups in total. The van der Waals surface area contributed by atoms with Gasteiger partial charge < -0.3 is 23.7 Å². The lowest BCUT2D eigenvalue weighted by Gasteiger charge is -2.43. The monoisotopic (exact) mass is 590 g/mol. The van der Waals surface area contributed by atoms with Crippen LogP contribution in [0.2, 0.25) is 0 Å². The summed E-state index contributed by atoms with van der Waals surface area (Å²) in [6.45, 7) is 5.96. The quantitative estimate of drug-likeness (QED) is 0.0972. The summed E-state index contributed by atoms with van der Waals surface area (Å²) in [5.74, 6) is 0.744. The van der Waals surface area contributed by atoms with Crippen LogP contribution in [-0.2, 0) is 50.1 Å². The van der Waals surface area contributed by atoms with Gasteiger partial charge in [0.05, 0.1) is 33.0 Å². The number of hydrogen-bond donors (Lipinski definition) is 0. The van der Waals surface area contributed by atoms with E-state index in [0.717, 1.165) is 40.9 Å². The van der Waals surface area contributed by atoms with E-state index in [2.05, 4.69) is 61.2 Å². The van der Waals surface area contributed by atoms with Crippen molar-refractivity contribution in [3.8, 4) is 0 Å². The molecule has 4 aromatic rings. The molecule has 228 valence electrons. The van der Waals surface area contributed by atoms with Crippen LogP contribution in [0.4, 0.5) is 0 Å². The molecule has 1 aliphatic heterocycles. The van der Waals surface area contributed by atoms with Crippen LogP contribution < -0.4 is 0 Å². The van der Waals surface area contributed by atoms with Gasteiger partial charge in [-0.1, -0.05) is 127 Å². The predicted molar refractivity (Wildman–Crippen MR) is 174 cm³/mol. The molecule has 1 aliphatic rings. The molecule has 5 rings (SSSR count). The zero-order chi connectivity index (χ0) is 30.2.